The van der Waals surface area contributed by atoms with Gasteiger partial charge in [-0.15, -0.1) is 0 Å². The standard InChI is InChI=1S/C17H27N/c1-2-3-4-5-6-10-13-18-15-17(18)14-16-11-8-7-9-12-16/h7-9,11-12,17H,2-6,10,13-15H2,1H3. The molecule has 0 aromatic heterocycles. The lowest BCUT2D eigenvalue weighted by Crippen LogP contribution is -2.06. The third-order valence-corrected chi connectivity index (χ3v) is 3.94. The third kappa shape index (κ3) is 4.81. The molecule has 1 heterocycles. The van der Waals surface area contributed by atoms with Gasteiger partial charge in [-0.2, -0.15) is 0 Å². The van der Waals surface area contributed by atoms with Gasteiger partial charge in [0.2, 0.25) is 0 Å². The maximum Gasteiger partial charge on any atom is 0.0264 e. The van der Waals surface area contributed by atoms with Crippen LogP contribution in [0.25, 0.3) is 0 Å². The lowest BCUT2D eigenvalue weighted by Gasteiger charge is -2.04. The predicted octanol–water partition coefficient (Wildman–Crippen LogP) is 4.27. The van der Waals surface area contributed by atoms with Crippen LogP contribution in [0.3, 0.4) is 0 Å². The molecule has 2 unspecified atom stereocenters. The first-order valence-electron chi connectivity index (χ1n) is 7.68. The first-order chi connectivity index (χ1) is 8.90. The Kier molecular flexibility index (Phi) is 5.73. The number of rotatable bonds is 9. The van der Waals surface area contributed by atoms with E-state index in [0.29, 0.717) is 0 Å². The van der Waals surface area contributed by atoms with Crippen LogP contribution in [0.1, 0.15) is 51.0 Å². The van der Waals surface area contributed by atoms with E-state index < -0.39 is 0 Å². The van der Waals surface area contributed by atoms with Crippen LogP contribution in [0, 0.1) is 0 Å². The van der Waals surface area contributed by atoms with Crippen molar-refractivity contribution >= 4 is 0 Å². The van der Waals surface area contributed by atoms with Crippen LogP contribution < -0.4 is 0 Å². The van der Waals surface area contributed by atoms with Crippen molar-refractivity contribution < 1.29 is 0 Å². The van der Waals surface area contributed by atoms with Gasteiger partial charge in [0, 0.05) is 12.6 Å². The minimum Gasteiger partial charge on any atom is -0.297 e. The Morgan fingerprint density at radius 3 is 2.50 bits per heavy atom. The van der Waals surface area contributed by atoms with Crippen molar-refractivity contribution in [3.05, 3.63) is 35.9 Å². The second kappa shape index (κ2) is 7.58. The topological polar surface area (TPSA) is 3.01 Å². The molecule has 2 atom stereocenters. The molecule has 100 valence electrons. The Morgan fingerprint density at radius 2 is 1.72 bits per heavy atom. The molecule has 0 spiro atoms. The second-order valence-electron chi connectivity index (χ2n) is 5.61. The fraction of sp³-hybridized carbons (Fsp3) is 0.647. The van der Waals surface area contributed by atoms with E-state index in [1.165, 1.54) is 63.6 Å². The van der Waals surface area contributed by atoms with E-state index in [4.69, 9.17) is 0 Å². The molecule has 0 saturated carbocycles. The maximum absolute atomic E-state index is 2.63. The van der Waals surface area contributed by atoms with Gasteiger partial charge in [0.1, 0.15) is 0 Å². The summed E-state index contributed by atoms with van der Waals surface area (Å²) < 4.78 is 0. The summed E-state index contributed by atoms with van der Waals surface area (Å²) in [5.41, 5.74) is 1.49. The highest BCUT2D eigenvalue weighted by Crippen LogP contribution is 2.22. The summed E-state index contributed by atoms with van der Waals surface area (Å²) in [6.45, 7) is 4.93. The Hall–Kier alpha value is -0.820. The summed E-state index contributed by atoms with van der Waals surface area (Å²) in [5.74, 6) is 0. The molecule has 0 aliphatic carbocycles. The van der Waals surface area contributed by atoms with Crippen LogP contribution in [0.5, 0.6) is 0 Å². The van der Waals surface area contributed by atoms with E-state index in [2.05, 4.69) is 42.2 Å². The van der Waals surface area contributed by atoms with E-state index in [9.17, 15) is 0 Å². The first-order valence-corrected chi connectivity index (χ1v) is 7.68. The second-order valence-corrected chi connectivity index (χ2v) is 5.61. The molecule has 1 aliphatic heterocycles. The zero-order chi connectivity index (χ0) is 12.6. The van der Waals surface area contributed by atoms with Crippen LogP contribution in [0.2, 0.25) is 0 Å². The summed E-state index contributed by atoms with van der Waals surface area (Å²) >= 11 is 0. The summed E-state index contributed by atoms with van der Waals surface area (Å²) in [6, 6.07) is 11.7. The molecule has 1 heteroatoms. The zero-order valence-corrected chi connectivity index (χ0v) is 11.8. The molecule has 0 radical (unpaired) electrons. The molecular weight excluding hydrogens is 218 g/mol. The Morgan fingerprint density at radius 1 is 1.00 bits per heavy atom. The van der Waals surface area contributed by atoms with Crippen LogP contribution >= 0.6 is 0 Å². The van der Waals surface area contributed by atoms with Crippen molar-refractivity contribution in [2.45, 2.75) is 57.9 Å². The largest absolute Gasteiger partial charge is 0.297 e. The molecule has 0 bridgehead atoms. The van der Waals surface area contributed by atoms with Gasteiger partial charge in [0.25, 0.3) is 0 Å². The van der Waals surface area contributed by atoms with E-state index in [0.717, 1.165) is 6.04 Å². The highest BCUT2D eigenvalue weighted by Gasteiger charge is 2.32. The number of nitrogens with zero attached hydrogens (tertiary/aromatic N) is 1. The average Bonchev–Trinajstić information content (AvgIpc) is 3.13. The molecule has 1 aromatic rings. The molecule has 1 nitrogen and oxygen atoms in total. The van der Waals surface area contributed by atoms with Gasteiger partial charge in [-0.3, -0.25) is 4.90 Å². The minimum absolute atomic E-state index is 0.836. The molecule has 1 fully saturated rings. The van der Waals surface area contributed by atoms with E-state index in [1.54, 1.807) is 0 Å². The quantitative estimate of drug-likeness (QED) is 0.464. The number of hydrogen-bond acceptors (Lipinski definition) is 1. The van der Waals surface area contributed by atoms with Crippen LogP contribution in [-0.2, 0) is 6.42 Å². The van der Waals surface area contributed by atoms with E-state index in [1.807, 2.05) is 0 Å². The fourth-order valence-electron chi connectivity index (χ4n) is 2.67. The van der Waals surface area contributed by atoms with Crippen LogP contribution in [0.15, 0.2) is 30.3 Å². The van der Waals surface area contributed by atoms with Crippen molar-refractivity contribution in [2.24, 2.45) is 0 Å². The number of hydrogen-bond donors (Lipinski definition) is 0. The maximum atomic E-state index is 2.63. The van der Waals surface area contributed by atoms with Crippen LogP contribution in [0.4, 0.5) is 0 Å². The van der Waals surface area contributed by atoms with Crippen molar-refractivity contribution in [3.63, 3.8) is 0 Å². The van der Waals surface area contributed by atoms with Crippen molar-refractivity contribution in [3.8, 4) is 0 Å². The smallest absolute Gasteiger partial charge is 0.0264 e. The molecular formula is C17H27N. The summed E-state index contributed by atoms with van der Waals surface area (Å²) in [5, 5.41) is 0. The molecule has 18 heavy (non-hydrogen) atoms. The lowest BCUT2D eigenvalue weighted by atomic mass is 10.1. The van der Waals surface area contributed by atoms with Gasteiger partial charge in [0.15, 0.2) is 0 Å². The summed E-state index contributed by atoms with van der Waals surface area (Å²) in [4.78, 5) is 2.63. The van der Waals surface area contributed by atoms with E-state index >= 15 is 0 Å². The summed E-state index contributed by atoms with van der Waals surface area (Å²) in [7, 11) is 0. The predicted molar refractivity (Wildman–Crippen MR) is 78.9 cm³/mol. The molecule has 1 saturated heterocycles. The number of unbranched alkanes of at least 4 members (excludes halogenated alkanes) is 5. The van der Waals surface area contributed by atoms with Crippen molar-refractivity contribution in [1.29, 1.82) is 0 Å². The molecule has 0 N–H and O–H groups in total. The SMILES string of the molecule is CCCCCCCCN1CC1Cc1ccccc1. The zero-order valence-electron chi connectivity index (χ0n) is 11.8. The van der Waals surface area contributed by atoms with E-state index in [-0.39, 0.29) is 0 Å². The van der Waals surface area contributed by atoms with Gasteiger partial charge >= 0.3 is 0 Å². The number of benzene rings is 1. The van der Waals surface area contributed by atoms with Gasteiger partial charge in [-0.1, -0.05) is 69.4 Å². The van der Waals surface area contributed by atoms with Gasteiger partial charge in [-0.05, 0) is 24.9 Å². The third-order valence-electron chi connectivity index (χ3n) is 3.94. The van der Waals surface area contributed by atoms with Crippen LogP contribution in [-0.4, -0.2) is 24.0 Å². The Bertz CT molecular complexity index is 320. The minimum atomic E-state index is 0.836. The highest BCUT2D eigenvalue weighted by molar-refractivity contribution is 5.17. The molecule has 0 amide bonds. The molecule has 2 rings (SSSR count). The van der Waals surface area contributed by atoms with Crippen molar-refractivity contribution in [2.75, 3.05) is 13.1 Å². The Labute approximate surface area is 112 Å². The fourth-order valence-corrected chi connectivity index (χ4v) is 2.67. The normalized spacial score (nSPS) is 22.1. The average molecular weight is 245 g/mol. The molecule has 1 aliphatic rings. The van der Waals surface area contributed by atoms with Gasteiger partial charge < -0.3 is 0 Å². The first kappa shape index (κ1) is 13.6. The highest BCUT2D eigenvalue weighted by atomic mass is 15.3. The van der Waals surface area contributed by atoms with Crippen molar-refractivity contribution in [1.82, 2.24) is 4.90 Å². The van der Waals surface area contributed by atoms with Gasteiger partial charge in [0.05, 0.1) is 0 Å². The van der Waals surface area contributed by atoms with Gasteiger partial charge in [-0.25, -0.2) is 0 Å². The summed E-state index contributed by atoms with van der Waals surface area (Å²) in [6.07, 6.45) is 9.71. The molecule has 1 aromatic carbocycles. The monoisotopic (exact) mass is 245 g/mol. The Balaban J connectivity index is 1.50. The lowest BCUT2D eigenvalue weighted by molar-refractivity contribution is 0.467.